The summed E-state index contributed by atoms with van der Waals surface area (Å²) >= 11 is 0. The van der Waals surface area contributed by atoms with Gasteiger partial charge in [0, 0.05) is 7.11 Å². The van der Waals surface area contributed by atoms with Gasteiger partial charge in [-0.05, 0) is 5.92 Å². The fourth-order valence-electron chi connectivity index (χ4n) is 0.750. The molecule has 0 aromatic heterocycles. The van der Waals surface area contributed by atoms with Gasteiger partial charge in [0.1, 0.15) is 0 Å². The van der Waals surface area contributed by atoms with Gasteiger partial charge >= 0.3 is 0 Å². The van der Waals surface area contributed by atoms with Gasteiger partial charge in [0.2, 0.25) is 0 Å². The number of aliphatic hydroxyl groups excluding tert-OH is 1. The molecule has 0 aliphatic rings. The summed E-state index contributed by atoms with van der Waals surface area (Å²) in [5, 5.41) is 8.70. The molecule has 0 rings (SSSR count). The largest absolute Gasteiger partial charge is 0.394 e. The van der Waals surface area contributed by atoms with Gasteiger partial charge in [-0.15, -0.1) is 0 Å². The highest BCUT2D eigenvalue weighted by Crippen LogP contribution is 2.08. The zero-order valence-corrected chi connectivity index (χ0v) is 6.42. The Morgan fingerprint density at radius 1 is 1.56 bits per heavy atom. The molecule has 0 aromatic carbocycles. The first kappa shape index (κ1) is 8.92. The Kier molecular flexibility index (Phi) is 4.72. The lowest BCUT2D eigenvalue weighted by atomic mass is 10.0. The van der Waals surface area contributed by atoms with E-state index in [-0.39, 0.29) is 12.7 Å². The highest BCUT2D eigenvalue weighted by molar-refractivity contribution is 4.61. The van der Waals surface area contributed by atoms with Crippen LogP contribution in [0.2, 0.25) is 0 Å². The molecule has 2 nitrogen and oxygen atoms in total. The number of hydrogen-bond donors (Lipinski definition) is 1. The summed E-state index contributed by atoms with van der Waals surface area (Å²) in [7, 11) is 1.63. The van der Waals surface area contributed by atoms with Crippen LogP contribution in [0.15, 0.2) is 0 Å². The average molecular weight is 132 g/mol. The van der Waals surface area contributed by atoms with Crippen LogP contribution in [0, 0.1) is 5.92 Å². The van der Waals surface area contributed by atoms with Crippen molar-refractivity contribution in [2.75, 3.05) is 13.7 Å². The van der Waals surface area contributed by atoms with Crippen molar-refractivity contribution in [2.45, 2.75) is 26.4 Å². The predicted octanol–water partition coefficient (Wildman–Crippen LogP) is 1.04. The van der Waals surface area contributed by atoms with Gasteiger partial charge in [-0.25, -0.2) is 0 Å². The molecule has 0 heterocycles. The van der Waals surface area contributed by atoms with Crippen LogP contribution in [-0.4, -0.2) is 24.9 Å². The molecule has 2 atom stereocenters. The van der Waals surface area contributed by atoms with E-state index in [0.717, 1.165) is 6.42 Å². The topological polar surface area (TPSA) is 29.5 Å². The average Bonchev–Trinajstić information content (AvgIpc) is 1.90. The van der Waals surface area contributed by atoms with E-state index in [9.17, 15) is 0 Å². The van der Waals surface area contributed by atoms with Crippen LogP contribution in [0.4, 0.5) is 0 Å². The molecular weight excluding hydrogens is 116 g/mol. The van der Waals surface area contributed by atoms with E-state index in [4.69, 9.17) is 9.84 Å². The highest BCUT2D eigenvalue weighted by Gasteiger charge is 2.12. The monoisotopic (exact) mass is 132 g/mol. The molecule has 0 aromatic rings. The maximum absolute atomic E-state index is 8.70. The van der Waals surface area contributed by atoms with Gasteiger partial charge in [-0.3, -0.25) is 0 Å². The fraction of sp³-hybridized carbons (Fsp3) is 1.00. The van der Waals surface area contributed by atoms with E-state index in [0.29, 0.717) is 5.92 Å². The van der Waals surface area contributed by atoms with E-state index < -0.39 is 0 Å². The smallest absolute Gasteiger partial charge is 0.0827 e. The third-order valence-electron chi connectivity index (χ3n) is 1.76. The fourth-order valence-corrected chi connectivity index (χ4v) is 0.750. The maximum Gasteiger partial charge on any atom is 0.0827 e. The lowest BCUT2D eigenvalue weighted by Crippen LogP contribution is -2.23. The Hall–Kier alpha value is -0.0800. The molecule has 0 saturated heterocycles. The number of hydrogen-bond acceptors (Lipinski definition) is 2. The number of methoxy groups -OCH3 is 1. The van der Waals surface area contributed by atoms with Gasteiger partial charge in [0.15, 0.2) is 0 Å². The van der Waals surface area contributed by atoms with Crippen molar-refractivity contribution in [3.8, 4) is 0 Å². The molecule has 0 spiro atoms. The second-order valence-corrected chi connectivity index (χ2v) is 2.34. The van der Waals surface area contributed by atoms with Crippen molar-refractivity contribution >= 4 is 0 Å². The second kappa shape index (κ2) is 4.77. The van der Waals surface area contributed by atoms with Crippen LogP contribution in [0.1, 0.15) is 20.3 Å². The maximum atomic E-state index is 8.70. The zero-order valence-electron chi connectivity index (χ0n) is 6.42. The first-order valence-corrected chi connectivity index (χ1v) is 3.39. The van der Waals surface area contributed by atoms with Gasteiger partial charge in [-0.2, -0.15) is 0 Å². The van der Waals surface area contributed by atoms with Crippen LogP contribution >= 0.6 is 0 Å². The zero-order chi connectivity index (χ0) is 7.28. The SMILES string of the molecule is CCC(C)C(CO)OC. The molecular formula is C7H16O2. The molecule has 56 valence electrons. The molecule has 0 bridgehead atoms. The van der Waals surface area contributed by atoms with Crippen molar-refractivity contribution in [1.29, 1.82) is 0 Å². The first-order chi connectivity index (χ1) is 4.26. The minimum Gasteiger partial charge on any atom is -0.394 e. The summed E-state index contributed by atoms with van der Waals surface area (Å²) < 4.78 is 5.00. The Morgan fingerprint density at radius 2 is 2.11 bits per heavy atom. The minimum atomic E-state index is 0.0231. The lowest BCUT2D eigenvalue weighted by molar-refractivity contribution is 0.0118. The minimum absolute atomic E-state index is 0.0231. The Labute approximate surface area is 56.8 Å². The van der Waals surface area contributed by atoms with E-state index in [1.807, 2.05) is 0 Å². The lowest BCUT2D eigenvalue weighted by Gasteiger charge is -2.18. The molecule has 0 amide bonds. The molecule has 2 heteroatoms. The number of aliphatic hydroxyl groups is 1. The Morgan fingerprint density at radius 3 is 2.22 bits per heavy atom. The van der Waals surface area contributed by atoms with Crippen molar-refractivity contribution in [2.24, 2.45) is 5.92 Å². The summed E-state index contributed by atoms with van der Waals surface area (Å²) in [6.45, 7) is 4.29. The van der Waals surface area contributed by atoms with E-state index in [2.05, 4.69) is 13.8 Å². The summed E-state index contributed by atoms with van der Waals surface area (Å²) in [6.07, 6.45) is 1.08. The molecule has 0 fully saturated rings. The molecule has 9 heavy (non-hydrogen) atoms. The van der Waals surface area contributed by atoms with Crippen molar-refractivity contribution in [3.05, 3.63) is 0 Å². The summed E-state index contributed by atoms with van der Waals surface area (Å²) in [5.41, 5.74) is 0. The highest BCUT2D eigenvalue weighted by atomic mass is 16.5. The van der Waals surface area contributed by atoms with E-state index >= 15 is 0 Å². The standard InChI is InChI=1S/C7H16O2/c1-4-6(2)7(5-8)9-3/h6-8H,4-5H2,1-3H3. The first-order valence-electron chi connectivity index (χ1n) is 3.39. The summed E-state index contributed by atoms with van der Waals surface area (Å²) in [5.74, 6) is 0.458. The number of ether oxygens (including phenoxy) is 1. The molecule has 0 saturated carbocycles. The van der Waals surface area contributed by atoms with Crippen molar-refractivity contribution in [1.82, 2.24) is 0 Å². The Balaban J connectivity index is 3.50. The second-order valence-electron chi connectivity index (χ2n) is 2.34. The molecule has 0 aliphatic heterocycles. The predicted molar refractivity (Wildman–Crippen MR) is 37.3 cm³/mol. The van der Waals surface area contributed by atoms with Gasteiger partial charge in [0.05, 0.1) is 12.7 Å². The third-order valence-corrected chi connectivity index (χ3v) is 1.76. The normalized spacial score (nSPS) is 17.3. The van der Waals surface area contributed by atoms with Gasteiger partial charge in [0.25, 0.3) is 0 Å². The molecule has 0 aliphatic carbocycles. The van der Waals surface area contributed by atoms with Gasteiger partial charge < -0.3 is 9.84 Å². The molecule has 2 unspecified atom stereocenters. The van der Waals surface area contributed by atoms with Crippen LogP contribution in [0.3, 0.4) is 0 Å². The summed E-state index contributed by atoms with van der Waals surface area (Å²) in [4.78, 5) is 0. The van der Waals surface area contributed by atoms with E-state index in [1.165, 1.54) is 0 Å². The number of rotatable bonds is 4. The van der Waals surface area contributed by atoms with Crippen LogP contribution < -0.4 is 0 Å². The van der Waals surface area contributed by atoms with Crippen molar-refractivity contribution < 1.29 is 9.84 Å². The van der Waals surface area contributed by atoms with Gasteiger partial charge in [-0.1, -0.05) is 20.3 Å². The molecule has 1 N–H and O–H groups in total. The van der Waals surface area contributed by atoms with Crippen LogP contribution in [-0.2, 0) is 4.74 Å². The summed E-state index contributed by atoms with van der Waals surface area (Å²) in [6, 6.07) is 0. The third kappa shape index (κ3) is 2.82. The van der Waals surface area contributed by atoms with Crippen LogP contribution in [0.5, 0.6) is 0 Å². The molecule has 0 radical (unpaired) electrons. The quantitative estimate of drug-likeness (QED) is 0.619. The van der Waals surface area contributed by atoms with E-state index in [1.54, 1.807) is 7.11 Å². The Bertz CT molecular complexity index is 59.9. The van der Waals surface area contributed by atoms with Crippen molar-refractivity contribution in [3.63, 3.8) is 0 Å². The van der Waals surface area contributed by atoms with Crippen LogP contribution in [0.25, 0.3) is 0 Å².